The van der Waals surface area contributed by atoms with Gasteiger partial charge < -0.3 is 10.1 Å². The third kappa shape index (κ3) is 2.99. The maximum absolute atomic E-state index is 5.91. The summed E-state index contributed by atoms with van der Waals surface area (Å²) in [5.41, 5.74) is 0. The molecule has 0 aromatic carbocycles. The van der Waals surface area contributed by atoms with Gasteiger partial charge >= 0.3 is 0 Å². The second-order valence-electron chi connectivity index (χ2n) is 5.40. The van der Waals surface area contributed by atoms with E-state index >= 15 is 0 Å². The minimum atomic E-state index is 0.376. The highest BCUT2D eigenvalue weighted by molar-refractivity contribution is 5.09. The summed E-state index contributed by atoms with van der Waals surface area (Å²) in [7, 11) is 0. The maximum atomic E-state index is 5.91. The molecule has 0 spiro atoms. The van der Waals surface area contributed by atoms with Crippen LogP contribution in [0, 0.1) is 5.92 Å². The van der Waals surface area contributed by atoms with Crippen molar-refractivity contribution in [1.82, 2.24) is 15.3 Å². The van der Waals surface area contributed by atoms with Gasteiger partial charge in [0.2, 0.25) is 5.88 Å². The molecule has 2 fully saturated rings. The Kier molecular flexibility index (Phi) is 3.74. The van der Waals surface area contributed by atoms with Gasteiger partial charge in [-0.25, -0.2) is 4.98 Å². The lowest BCUT2D eigenvalue weighted by molar-refractivity contribution is 0.200. The molecule has 1 aliphatic carbocycles. The fraction of sp³-hybridized carbons (Fsp3) is 0.714. The zero-order valence-electron chi connectivity index (χ0n) is 10.8. The monoisotopic (exact) mass is 247 g/mol. The summed E-state index contributed by atoms with van der Waals surface area (Å²) in [6.45, 7) is 2.22. The Bertz CT molecular complexity index is 351. The van der Waals surface area contributed by atoms with Crippen LogP contribution < -0.4 is 10.1 Å². The average molecular weight is 247 g/mol. The Balaban J connectivity index is 1.60. The van der Waals surface area contributed by atoms with Crippen LogP contribution in [0.15, 0.2) is 12.3 Å². The van der Waals surface area contributed by atoms with Crippen LogP contribution in [0.1, 0.15) is 37.9 Å². The Hall–Kier alpha value is -1.16. The minimum Gasteiger partial charge on any atom is -0.474 e. The van der Waals surface area contributed by atoms with Crippen molar-refractivity contribution >= 4 is 0 Å². The van der Waals surface area contributed by atoms with Crippen molar-refractivity contribution in [3.63, 3.8) is 0 Å². The van der Waals surface area contributed by atoms with Crippen LogP contribution in [0.25, 0.3) is 0 Å². The number of aromatic nitrogens is 2. The quantitative estimate of drug-likeness (QED) is 0.883. The number of ether oxygens (including phenoxy) is 1. The molecule has 1 N–H and O–H groups in total. The molecule has 4 heteroatoms. The predicted octanol–water partition coefficient (Wildman–Crippen LogP) is 1.95. The van der Waals surface area contributed by atoms with Crippen LogP contribution in [0.2, 0.25) is 0 Å². The lowest BCUT2D eigenvalue weighted by Crippen LogP contribution is -2.14. The highest BCUT2D eigenvalue weighted by Crippen LogP contribution is 2.23. The first kappa shape index (κ1) is 11.9. The van der Waals surface area contributed by atoms with Crippen LogP contribution in [0.5, 0.6) is 5.88 Å². The summed E-state index contributed by atoms with van der Waals surface area (Å²) < 4.78 is 5.91. The third-order valence-electron chi connectivity index (χ3n) is 3.90. The Morgan fingerprint density at radius 3 is 2.94 bits per heavy atom. The standard InChI is InChI=1S/C14H21N3O/c1-2-4-12(3-1)18-14-6-8-16-13(17-14)9-11-5-7-15-10-11/h6,8,11-12,15H,1-5,7,9-10H2/t11-/m0/s1. The molecule has 98 valence electrons. The van der Waals surface area contributed by atoms with Crippen molar-refractivity contribution in [3.8, 4) is 5.88 Å². The van der Waals surface area contributed by atoms with Crippen molar-refractivity contribution in [2.75, 3.05) is 13.1 Å². The summed E-state index contributed by atoms with van der Waals surface area (Å²) in [6.07, 6.45) is 9.33. The third-order valence-corrected chi connectivity index (χ3v) is 3.90. The molecule has 3 rings (SSSR count). The summed E-state index contributed by atoms with van der Waals surface area (Å²) in [5, 5.41) is 3.38. The molecule has 18 heavy (non-hydrogen) atoms. The Morgan fingerprint density at radius 2 is 2.17 bits per heavy atom. The van der Waals surface area contributed by atoms with Gasteiger partial charge in [-0.2, -0.15) is 4.98 Å². The molecule has 1 saturated carbocycles. The smallest absolute Gasteiger partial charge is 0.216 e. The largest absolute Gasteiger partial charge is 0.474 e. The van der Waals surface area contributed by atoms with E-state index in [1.54, 1.807) is 0 Å². The first-order valence-corrected chi connectivity index (χ1v) is 7.09. The van der Waals surface area contributed by atoms with Gasteiger partial charge in [-0.15, -0.1) is 0 Å². The molecule has 0 amide bonds. The van der Waals surface area contributed by atoms with E-state index in [4.69, 9.17) is 4.74 Å². The van der Waals surface area contributed by atoms with Gasteiger partial charge in [0.25, 0.3) is 0 Å². The van der Waals surface area contributed by atoms with Crippen molar-refractivity contribution in [2.45, 2.75) is 44.6 Å². The fourth-order valence-corrected chi connectivity index (χ4v) is 2.87. The molecule has 1 aromatic rings. The number of hydrogen-bond acceptors (Lipinski definition) is 4. The van der Waals surface area contributed by atoms with E-state index in [-0.39, 0.29) is 0 Å². The van der Waals surface area contributed by atoms with Crippen LogP contribution >= 0.6 is 0 Å². The average Bonchev–Trinajstić information content (AvgIpc) is 3.03. The second kappa shape index (κ2) is 5.65. The van der Waals surface area contributed by atoms with E-state index < -0.39 is 0 Å². The highest BCUT2D eigenvalue weighted by Gasteiger charge is 2.19. The molecule has 1 atom stereocenters. The number of hydrogen-bond donors (Lipinski definition) is 1. The van der Waals surface area contributed by atoms with Crippen molar-refractivity contribution in [2.24, 2.45) is 5.92 Å². The first-order chi connectivity index (χ1) is 8.90. The molecular weight excluding hydrogens is 226 g/mol. The van der Waals surface area contributed by atoms with Crippen molar-refractivity contribution in [1.29, 1.82) is 0 Å². The van der Waals surface area contributed by atoms with E-state index in [9.17, 15) is 0 Å². The number of nitrogens with one attached hydrogen (secondary N) is 1. The van der Waals surface area contributed by atoms with E-state index in [0.29, 0.717) is 12.0 Å². The molecule has 0 unspecified atom stereocenters. The zero-order valence-corrected chi connectivity index (χ0v) is 10.8. The fourth-order valence-electron chi connectivity index (χ4n) is 2.87. The topological polar surface area (TPSA) is 47.0 Å². The van der Waals surface area contributed by atoms with E-state index in [1.165, 1.54) is 32.1 Å². The summed E-state index contributed by atoms with van der Waals surface area (Å²) >= 11 is 0. The van der Waals surface area contributed by atoms with E-state index in [1.807, 2.05) is 12.3 Å². The summed E-state index contributed by atoms with van der Waals surface area (Å²) in [6, 6.07) is 1.88. The van der Waals surface area contributed by atoms with Crippen LogP contribution in [-0.2, 0) is 6.42 Å². The number of nitrogens with zero attached hydrogens (tertiary/aromatic N) is 2. The van der Waals surface area contributed by atoms with Gasteiger partial charge in [0.15, 0.2) is 0 Å². The van der Waals surface area contributed by atoms with Gasteiger partial charge in [0, 0.05) is 18.7 Å². The summed E-state index contributed by atoms with van der Waals surface area (Å²) in [4.78, 5) is 8.90. The molecule has 1 aromatic heterocycles. The minimum absolute atomic E-state index is 0.376. The van der Waals surface area contributed by atoms with Crippen LogP contribution in [0.4, 0.5) is 0 Å². The summed E-state index contributed by atoms with van der Waals surface area (Å²) in [5.74, 6) is 2.38. The number of rotatable bonds is 4. The molecule has 2 heterocycles. The molecule has 1 saturated heterocycles. The van der Waals surface area contributed by atoms with Gasteiger partial charge in [-0.3, -0.25) is 0 Å². The van der Waals surface area contributed by atoms with Gasteiger partial charge in [0.05, 0.1) is 0 Å². The molecule has 0 radical (unpaired) electrons. The highest BCUT2D eigenvalue weighted by atomic mass is 16.5. The van der Waals surface area contributed by atoms with E-state index in [2.05, 4.69) is 15.3 Å². The Morgan fingerprint density at radius 1 is 1.28 bits per heavy atom. The van der Waals surface area contributed by atoms with Crippen LogP contribution in [0.3, 0.4) is 0 Å². The maximum Gasteiger partial charge on any atom is 0.216 e. The van der Waals surface area contributed by atoms with Crippen LogP contribution in [-0.4, -0.2) is 29.2 Å². The molecule has 1 aliphatic heterocycles. The lowest BCUT2D eigenvalue weighted by atomic mass is 10.0. The van der Waals surface area contributed by atoms with E-state index in [0.717, 1.165) is 31.2 Å². The second-order valence-corrected chi connectivity index (χ2v) is 5.40. The van der Waals surface area contributed by atoms with Crippen molar-refractivity contribution < 1.29 is 4.74 Å². The Labute approximate surface area is 108 Å². The molecule has 4 nitrogen and oxygen atoms in total. The predicted molar refractivity (Wildman–Crippen MR) is 69.6 cm³/mol. The van der Waals surface area contributed by atoms with Gasteiger partial charge in [0.1, 0.15) is 11.9 Å². The normalized spacial score (nSPS) is 24.6. The lowest BCUT2D eigenvalue weighted by Gasteiger charge is -2.13. The SMILES string of the molecule is c1cc(OC2CCCC2)nc(C[C@@H]2CCNC2)n1. The van der Waals surface area contributed by atoms with Gasteiger partial charge in [-0.05, 0) is 51.1 Å². The van der Waals surface area contributed by atoms with Crippen molar-refractivity contribution in [3.05, 3.63) is 18.1 Å². The molecule has 0 bridgehead atoms. The molecule has 2 aliphatic rings. The van der Waals surface area contributed by atoms with Gasteiger partial charge in [-0.1, -0.05) is 0 Å². The zero-order chi connectivity index (χ0) is 12.2. The molecular formula is C14H21N3O. The first-order valence-electron chi connectivity index (χ1n) is 7.09.